The van der Waals surface area contributed by atoms with Crippen molar-refractivity contribution in [2.24, 2.45) is 5.73 Å². The van der Waals surface area contributed by atoms with Gasteiger partial charge in [-0.15, -0.1) is 11.3 Å². The van der Waals surface area contributed by atoms with E-state index in [0.717, 1.165) is 0 Å². The summed E-state index contributed by atoms with van der Waals surface area (Å²) in [6, 6.07) is 0.676. The first-order valence-electron chi connectivity index (χ1n) is 7.01. The van der Waals surface area contributed by atoms with Crippen molar-refractivity contribution >= 4 is 11.3 Å². The molecule has 3 nitrogen and oxygen atoms in total. The number of piperidine rings is 1. The zero-order chi connectivity index (χ0) is 13.1. The van der Waals surface area contributed by atoms with Gasteiger partial charge in [0.25, 0.3) is 0 Å². The SMILES string of the molecule is CC(CN)c1cnc(C2CCN(C(C)C)CC2)s1. The number of hydrogen-bond acceptors (Lipinski definition) is 4. The monoisotopic (exact) mass is 267 g/mol. The van der Waals surface area contributed by atoms with E-state index in [2.05, 4.69) is 30.7 Å². The molecule has 0 radical (unpaired) electrons. The fourth-order valence-electron chi connectivity index (χ4n) is 2.50. The fourth-order valence-corrected chi connectivity index (χ4v) is 3.65. The molecule has 0 amide bonds. The minimum absolute atomic E-state index is 0.451. The van der Waals surface area contributed by atoms with Crippen molar-refractivity contribution in [2.45, 2.75) is 51.5 Å². The molecule has 102 valence electrons. The molecule has 4 heteroatoms. The number of nitrogens with zero attached hydrogens (tertiary/aromatic N) is 2. The summed E-state index contributed by atoms with van der Waals surface area (Å²) in [6.07, 6.45) is 4.54. The molecule has 1 unspecified atom stereocenters. The van der Waals surface area contributed by atoms with Gasteiger partial charge in [0, 0.05) is 29.0 Å². The van der Waals surface area contributed by atoms with Gasteiger partial charge in [0.15, 0.2) is 0 Å². The third-order valence-corrected chi connectivity index (χ3v) is 5.38. The molecule has 0 spiro atoms. The van der Waals surface area contributed by atoms with Gasteiger partial charge in [-0.2, -0.15) is 0 Å². The summed E-state index contributed by atoms with van der Waals surface area (Å²) >= 11 is 1.87. The van der Waals surface area contributed by atoms with Gasteiger partial charge < -0.3 is 10.6 Å². The minimum Gasteiger partial charge on any atom is -0.330 e. The van der Waals surface area contributed by atoms with Crippen molar-refractivity contribution in [1.82, 2.24) is 9.88 Å². The van der Waals surface area contributed by atoms with Crippen LogP contribution < -0.4 is 5.73 Å². The highest BCUT2D eigenvalue weighted by molar-refractivity contribution is 7.11. The Bertz CT molecular complexity index is 367. The zero-order valence-electron chi connectivity index (χ0n) is 11.7. The molecule has 2 heterocycles. The molecule has 0 aromatic carbocycles. The van der Waals surface area contributed by atoms with Crippen molar-refractivity contribution in [3.05, 3.63) is 16.1 Å². The number of hydrogen-bond donors (Lipinski definition) is 1. The van der Waals surface area contributed by atoms with Gasteiger partial charge in [0.1, 0.15) is 0 Å². The van der Waals surface area contributed by atoms with Crippen LogP contribution in [0.1, 0.15) is 55.3 Å². The van der Waals surface area contributed by atoms with E-state index in [1.165, 1.54) is 35.8 Å². The van der Waals surface area contributed by atoms with Crippen molar-refractivity contribution in [2.75, 3.05) is 19.6 Å². The number of aromatic nitrogens is 1. The van der Waals surface area contributed by atoms with Gasteiger partial charge in [-0.25, -0.2) is 4.98 Å². The van der Waals surface area contributed by atoms with Gasteiger partial charge >= 0.3 is 0 Å². The molecule has 18 heavy (non-hydrogen) atoms. The summed E-state index contributed by atoms with van der Waals surface area (Å²) in [5.74, 6) is 1.12. The molecule has 1 atom stereocenters. The summed E-state index contributed by atoms with van der Waals surface area (Å²) in [6.45, 7) is 9.88. The summed E-state index contributed by atoms with van der Waals surface area (Å²) in [7, 11) is 0. The first-order chi connectivity index (χ1) is 8.61. The average molecular weight is 267 g/mol. The Morgan fingerprint density at radius 3 is 2.61 bits per heavy atom. The maximum absolute atomic E-state index is 5.72. The second-order valence-corrected chi connectivity index (χ2v) is 6.74. The van der Waals surface area contributed by atoms with Crippen LogP contribution in [0.25, 0.3) is 0 Å². The van der Waals surface area contributed by atoms with Crippen LogP contribution in [0.3, 0.4) is 0 Å². The third kappa shape index (κ3) is 3.11. The minimum atomic E-state index is 0.451. The van der Waals surface area contributed by atoms with Crippen LogP contribution in [0, 0.1) is 0 Å². The highest BCUT2D eigenvalue weighted by atomic mass is 32.1. The molecular weight excluding hydrogens is 242 g/mol. The fraction of sp³-hybridized carbons (Fsp3) is 0.786. The Labute approximate surface area is 114 Å². The highest BCUT2D eigenvalue weighted by Gasteiger charge is 2.24. The second-order valence-electron chi connectivity index (χ2n) is 5.64. The van der Waals surface area contributed by atoms with E-state index in [4.69, 9.17) is 5.73 Å². The molecule has 2 N–H and O–H groups in total. The molecule has 0 bridgehead atoms. The van der Waals surface area contributed by atoms with Crippen LogP contribution in [-0.4, -0.2) is 35.6 Å². The Morgan fingerprint density at radius 2 is 2.06 bits per heavy atom. The van der Waals surface area contributed by atoms with Gasteiger partial charge in [-0.3, -0.25) is 0 Å². The van der Waals surface area contributed by atoms with Gasteiger partial charge in [0.2, 0.25) is 0 Å². The van der Waals surface area contributed by atoms with Crippen molar-refractivity contribution in [1.29, 1.82) is 0 Å². The third-order valence-electron chi connectivity index (χ3n) is 3.99. The molecule has 0 aliphatic carbocycles. The lowest BCUT2D eigenvalue weighted by Crippen LogP contribution is -2.37. The number of likely N-dealkylation sites (tertiary alicyclic amines) is 1. The molecule has 1 saturated heterocycles. The molecule has 1 aliphatic heterocycles. The topological polar surface area (TPSA) is 42.1 Å². The van der Waals surface area contributed by atoms with E-state index in [1.807, 2.05) is 17.5 Å². The molecule has 1 aromatic heterocycles. The van der Waals surface area contributed by atoms with E-state index in [1.54, 1.807) is 0 Å². The average Bonchev–Trinajstić information content (AvgIpc) is 2.87. The molecule has 0 saturated carbocycles. The smallest absolute Gasteiger partial charge is 0.0959 e. The molecule has 1 fully saturated rings. The number of thiazole rings is 1. The lowest BCUT2D eigenvalue weighted by Gasteiger charge is -2.33. The van der Waals surface area contributed by atoms with Gasteiger partial charge in [-0.1, -0.05) is 6.92 Å². The predicted octanol–water partition coefficient (Wildman–Crippen LogP) is 2.79. The Morgan fingerprint density at radius 1 is 1.39 bits per heavy atom. The molecular formula is C14H25N3S. The predicted molar refractivity (Wildman–Crippen MR) is 78.3 cm³/mol. The quantitative estimate of drug-likeness (QED) is 0.912. The standard InChI is InChI=1S/C14H25N3S/c1-10(2)17-6-4-12(5-7-17)14-16-9-13(18-14)11(3)8-15/h9-12H,4-8,15H2,1-3H3. The van der Waals surface area contributed by atoms with Crippen molar-refractivity contribution in [3.63, 3.8) is 0 Å². The van der Waals surface area contributed by atoms with E-state index in [9.17, 15) is 0 Å². The van der Waals surface area contributed by atoms with Crippen molar-refractivity contribution < 1.29 is 0 Å². The normalized spacial score (nSPS) is 20.5. The van der Waals surface area contributed by atoms with E-state index < -0.39 is 0 Å². The summed E-state index contributed by atoms with van der Waals surface area (Å²) in [5.41, 5.74) is 5.72. The first-order valence-corrected chi connectivity index (χ1v) is 7.83. The van der Waals surface area contributed by atoms with E-state index in [0.29, 0.717) is 24.4 Å². The zero-order valence-corrected chi connectivity index (χ0v) is 12.5. The van der Waals surface area contributed by atoms with E-state index in [-0.39, 0.29) is 0 Å². The van der Waals surface area contributed by atoms with Crippen LogP contribution in [-0.2, 0) is 0 Å². The maximum Gasteiger partial charge on any atom is 0.0959 e. The van der Waals surface area contributed by atoms with Crippen LogP contribution in [0.4, 0.5) is 0 Å². The number of rotatable bonds is 4. The first kappa shape index (κ1) is 14.0. The van der Waals surface area contributed by atoms with Crippen LogP contribution in [0.5, 0.6) is 0 Å². The second kappa shape index (κ2) is 6.13. The number of nitrogens with two attached hydrogens (primary N) is 1. The van der Waals surface area contributed by atoms with Crippen LogP contribution >= 0.6 is 11.3 Å². The summed E-state index contributed by atoms with van der Waals surface area (Å²) < 4.78 is 0. The Kier molecular flexibility index (Phi) is 4.76. The van der Waals surface area contributed by atoms with Gasteiger partial charge in [0.05, 0.1) is 5.01 Å². The Hall–Kier alpha value is -0.450. The van der Waals surface area contributed by atoms with Crippen LogP contribution in [0.2, 0.25) is 0 Å². The largest absolute Gasteiger partial charge is 0.330 e. The Balaban J connectivity index is 1.95. The lowest BCUT2D eigenvalue weighted by atomic mass is 9.97. The summed E-state index contributed by atoms with van der Waals surface area (Å²) in [5, 5.41) is 1.33. The van der Waals surface area contributed by atoms with E-state index >= 15 is 0 Å². The molecule has 2 rings (SSSR count). The maximum atomic E-state index is 5.72. The molecule has 1 aliphatic rings. The highest BCUT2D eigenvalue weighted by Crippen LogP contribution is 2.33. The molecule has 1 aromatic rings. The van der Waals surface area contributed by atoms with Crippen LogP contribution in [0.15, 0.2) is 6.20 Å². The van der Waals surface area contributed by atoms with Crippen molar-refractivity contribution in [3.8, 4) is 0 Å². The van der Waals surface area contributed by atoms with Gasteiger partial charge in [-0.05, 0) is 46.3 Å². The lowest BCUT2D eigenvalue weighted by molar-refractivity contribution is 0.172. The summed E-state index contributed by atoms with van der Waals surface area (Å²) in [4.78, 5) is 8.53.